The Morgan fingerprint density at radius 3 is 2.83 bits per heavy atom. The summed E-state index contributed by atoms with van der Waals surface area (Å²) in [4.78, 5) is 12.9. The molecule has 1 saturated carbocycles. The first kappa shape index (κ1) is 18.2. The third kappa shape index (κ3) is 3.37. The van der Waals surface area contributed by atoms with Crippen molar-refractivity contribution >= 4 is 5.91 Å². The van der Waals surface area contributed by atoms with E-state index in [1.54, 1.807) is 0 Å². The van der Waals surface area contributed by atoms with Gasteiger partial charge in [-0.05, 0) is 55.7 Å². The van der Waals surface area contributed by atoms with Crippen LogP contribution in [0.5, 0.6) is 0 Å². The zero-order valence-corrected chi connectivity index (χ0v) is 17.2. The van der Waals surface area contributed by atoms with Crippen molar-refractivity contribution in [2.24, 2.45) is 5.41 Å². The van der Waals surface area contributed by atoms with Crippen molar-refractivity contribution in [1.29, 1.82) is 0 Å². The lowest BCUT2D eigenvalue weighted by Crippen LogP contribution is -2.37. The number of carbonyl (C=O) groups excluding carboxylic acids is 1. The van der Waals surface area contributed by atoms with E-state index in [0.717, 1.165) is 29.8 Å². The lowest BCUT2D eigenvalue weighted by molar-refractivity contribution is 0.0914. The second-order valence-electron chi connectivity index (χ2n) is 9.30. The molecule has 2 aliphatic rings. The standard InChI is InChI=1S/C23H27N5O/c1-14-6-4-5-7-20(14)28-21-12-23(2,3)11-19(16(21)13-24-28)25-22(29)18-10-17(26-27-18)15-8-9-15/h4-7,10,13,15,19H,8-9,11-12H2,1-3H3,(H,25,29)(H,26,27)/t19-/m1/s1. The highest BCUT2D eigenvalue weighted by Gasteiger charge is 2.36. The van der Waals surface area contributed by atoms with E-state index in [0.29, 0.717) is 11.6 Å². The molecule has 1 fully saturated rings. The van der Waals surface area contributed by atoms with E-state index in [-0.39, 0.29) is 17.4 Å². The summed E-state index contributed by atoms with van der Waals surface area (Å²) < 4.78 is 2.05. The summed E-state index contributed by atoms with van der Waals surface area (Å²) in [6.45, 7) is 6.61. The average molecular weight is 390 g/mol. The maximum absolute atomic E-state index is 12.9. The highest BCUT2D eigenvalue weighted by molar-refractivity contribution is 5.92. The Balaban J connectivity index is 1.46. The number of benzene rings is 1. The monoisotopic (exact) mass is 389 g/mol. The number of aryl methyl sites for hydroxylation is 1. The molecule has 6 heteroatoms. The fourth-order valence-corrected chi connectivity index (χ4v) is 4.47. The van der Waals surface area contributed by atoms with Gasteiger partial charge in [-0.25, -0.2) is 4.68 Å². The molecule has 0 unspecified atom stereocenters. The van der Waals surface area contributed by atoms with Crippen molar-refractivity contribution in [2.45, 2.75) is 58.4 Å². The quantitative estimate of drug-likeness (QED) is 0.701. The zero-order valence-electron chi connectivity index (χ0n) is 17.2. The molecular formula is C23H27N5O. The van der Waals surface area contributed by atoms with Crippen LogP contribution < -0.4 is 5.32 Å². The third-order valence-corrected chi connectivity index (χ3v) is 6.18. The molecule has 29 heavy (non-hydrogen) atoms. The largest absolute Gasteiger partial charge is 0.344 e. The van der Waals surface area contributed by atoms with E-state index < -0.39 is 0 Å². The number of fused-ring (bicyclic) bond motifs is 1. The van der Waals surface area contributed by atoms with Crippen molar-refractivity contribution in [1.82, 2.24) is 25.3 Å². The summed E-state index contributed by atoms with van der Waals surface area (Å²) in [5.41, 5.74) is 6.19. The van der Waals surface area contributed by atoms with Crippen LogP contribution in [-0.2, 0) is 6.42 Å². The Labute approximate surface area is 170 Å². The molecule has 0 saturated heterocycles. The minimum absolute atomic E-state index is 0.0656. The molecule has 2 aliphatic carbocycles. The van der Waals surface area contributed by atoms with Crippen molar-refractivity contribution in [2.75, 3.05) is 0 Å². The predicted octanol–water partition coefficient (Wildman–Crippen LogP) is 4.22. The maximum atomic E-state index is 12.9. The van der Waals surface area contributed by atoms with Gasteiger partial charge in [-0.1, -0.05) is 32.0 Å². The summed E-state index contributed by atoms with van der Waals surface area (Å²) in [5, 5.41) is 15.2. The first-order chi connectivity index (χ1) is 13.9. The minimum Gasteiger partial charge on any atom is -0.344 e. The molecule has 6 nitrogen and oxygen atoms in total. The summed E-state index contributed by atoms with van der Waals surface area (Å²) in [7, 11) is 0. The van der Waals surface area contributed by atoms with Gasteiger partial charge in [0.25, 0.3) is 5.91 Å². The SMILES string of the molecule is Cc1ccccc1-n1ncc2c1CC(C)(C)C[C@H]2NC(=O)c1cc(C2CC2)[nH]n1. The molecule has 2 N–H and O–H groups in total. The molecule has 0 spiro atoms. The molecule has 2 heterocycles. The number of H-pyrrole nitrogens is 1. The summed E-state index contributed by atoms with van der Waals surface area (Å²) >= 11 is 0. The second kappa shape index (κ2) is 6.58. The minimum atomic E-state index is -0.120. The van der Waals surface area contributed by atoms with Crippen LogP contribution in [-0.4, -0.2) is 25.9 Å². The molecule has 1 atom stereocenters. The van der Waals surface area contributed by atoms with E-state index in [9.17, 15) is 4.79 Å². The normalized spacial score (nSPS) is 20.3. The highest BCUT2D eigenvalue weighted by Crippen LogP contribution is 2.42. The fourth-order valence-electron chi connectivity index (χ4n) is 4.47. The van der Waals surface area contributed by atoms with Crippen LogP contribution in [0.2, 0.25) is 0 Å². The third-order valence-electron chi connectivity index (χ3n) is 6.18. The molecule has 150 valence electrons. The Hall–Kier alpha value is -2.89. The Morgan fingerprint density at radius 1 is 1.28 bits per heavy atom. The number of hydrogen-bond donors (Lipinski definition) is 2. The predicted molar refractivity (Wildman–Crippen MR) is 111 cm³/mol. The van der Waals surface area contributed by atoms with Gasteiger partial charge in [-0.3, -0.25) is 9.89 Å². The fraction of sp³-hybridized carbons (Fsp3) is 0.435. The molecule has 0 aliphatic heterocycles. The van der Waals surface area contributed by atoms with Gasteiger partial charge in [0.15, 0.2) is 0 Å². The lowest BCUT2D eigenvalue weighted by atomic mass is 9.74. The van der Waals surface area contributed by atoms with Crippen molar-refractivity contribution in [3.63, 3.8) is 0 Å². The second-order valence-corrected chi connectivity index (χ2v) is 9.30. The maximum Gasteiger partial charge on any atom is 0.272 e. The Bertz CT molecular complexity index is 1070. The lowest BCUT2D eigenvalue weighted by Gasteiger charge is -2.36. The van der Waals surface area contributed by atoms with Gasteiger partial charge >= 0.3 is 0 Å². The van der Waals surface area contributed by atoms with Crippen LogP contribution in [0.1, 0.15) is 78.1 Å². The van der Waals surface area contributed by atoms with Gasteiger partial charge in [-0.2, -0.15) is 10.2 Å². The number of nitrogens with one attached hydrogen (secondary N) is 2. The van der Waals surface area contributed by atoms with Crippen LogP contribution in [0.25, 0.3) is 5.69 Å². The van der Waals surface area contributed by atoms with Crippen LogP contribution >= 0.6 is 0 Å². The number of hydrogen-bond acceptors (Lipinski definition) is 3. The van der Waals surface area contributed by atoms with E-state index in [1.165, 1.54) is 24.1 Å². The summed E-state index contributed by atoms with van der Waals surface area (Å²) in [5.74, 6) is 0.432. The number of carbonyl (C=O) groups is 1. The van der Waals surface area contributed by atoms with Gasteiger partial charge in [0.2, 0.25) is 0 Å². The van der Waals surface area contributed by atoms with Gasteiger partial charge in [0, 0.05) is 17.2 Å². The summed E-state index contributed by atoms with van der Waals surface area (Å²) in [6, 6.07) is 10.1. The highest BCUT2D eigenvalue weighted by atomic mass is 16.2. The molecule has 0 radical (unpaired) electrons. The van der Waals surface area contributed by atoms with E-state index in [4.69, 9.17) is 5.10 Å². The smallest absolute Gasteiger partial charge is 0.272 e. The van der Waals surface area contributed by atoms with Crippen molar-refractivity contribution < 1.29 is 4.79 Å². The molecular weight excluding hydrogens is 362 g/mol. The number of aromatic nitrogens is 4. The zero-order chi connectivity index (χ0) is 20.2. The molecule has 0 bridgehead atoms. The topological polar surface area (TPSA) is 75.6 Å². The average Bonchev–Trinajstić information content (AvgIpc) is 3.25. The van der Waals surface area contributed by atoms with Gasteiger partial charge in [0.05, 0.1) is 23.6 Å². The molecule has 2 aromatic heterocycles. The Morgan fingerprint density at radius 2 is 2.07 bits per heavy atom. The van der Waals surface area contributed by atoms with Crippen LogP contribution in [0.3, 0.4) is 0 Å². The first-order valence-corrected chi connectivity index (χ1v) is 10.4. The molecule has 1 amide bonds. The first-order valence-electron chi connectivity index (χ1n) is 10.4. The van der Waals surface area contributed by atoms with Crippen LogP contribution in [0.15, 0.2) is 36.5 Å². The van der Waals surface area contributed by atoms with E-state index >= 15 is 0 Å². The number of para-hydroxylation sites is 1. The van der Waals surface area contributed by atoms with Crippen molar-refractivity contribution in [3.05, 3.63) is 64.7 Å². The number of aromatic amines is 1. The molecule has 5 rings (SSSR count). The van der Waals surface area contributed by atoms with Gasteiger partial charge in [0.1, 0.15) is 5.69 Å². The van der Waals surface area contributed by atoms with E-state index in [2.05, 4.69) is 48.4 Å². The molecule has 3 aromatic rings. The molecule has 1 aromatic carbocycles. The van der Waals surface area contributed by atoms with Crippen molar-refractivity contribution in [3.8, 4) is 5.69 Å². The number of rotatable bonds is 4. The summed E-state index contributed by atoms with van der Waals surface area (Å²) in [6.07, 6.45) is 6.09. The van der Waals surface area contributed by atoms with Crippen LogP contribution in [0.4, 0.5) is 0 Å². The van der Waals surface area contributed by atoms with E-state index in [1.807, 2.05) is 29.1 Å². The van der Waals surface area contributed by atoms with Gasteiger partial charge in [-0.15, -0.1) is 0 Å². The Kier molecular flexibility index (Phi) is 4.12. The number of amides is 1. The van der Waals surface area contributed by atoms with Gasteiger partial charge < -0.3 is 5.32 Å². The number of nitrogens with zero attached hydrogens (tertiary/aromatic N) is 3. The van der Waals surface area contributed by atoms with Crippen LogP contribution in [0, 0.1) is 12.3 Å².